The zero-order valence-electron chi connectivity index (χ0n) is 27.2. The van der Waals surface area contributed by atoms with E-state index >= 15 is 0 Å². The number of amides is 1. The Hall–Kier alpha value is -5.31. The number of nitrogens with one attached hydrogen (secondary N) is 1. The number of hydrogen-bond donors (Lipinski definition) is 1. The molecule has 1 amide bonds. The van der Waals surface area contributed by atoms with Crippen LogP contribution >= 0.6 is 0 Å². The highest BCUT2D eigenvalue weighted by atomic mass is 32.2. The number of aryl methyl sites for hydroxylation is 1. The van der Waals surface area contributed by atoms with Crippen LogP contribution in [-0.2, 0) is 15.7 Å². The van der Waals surface area contributed by atoms with E-state index in [0.29, 0.717) is 50.4 Å². The fourth-order valence-corrected chi connectivity index (χ4v) is 6.19. The van der Waals surface area contributed by atoms with Crippen LogP contribution in [0, 0.1) is 18.6 Å². The van der Waals surface area contributed by atoms with E-state index in [-0.39, 0.29) is 28.9 Å². The molecule has 14 heteroatoms. The summed E-state index contributed by atoms with van der Waals surface area (Å²) in [6, 6.07) is 17.5. The standard InChI is InChI=1S/C35H31F2N5O5S.H2O/c1-19-39-27-15-14-26(40-32(27)35(44)42(19)29(18-46-4)20-6-10-22(36)11-7-20)24-16-25-30(17-28(24)41(3)48(5)45)47-33(31(25)34(43)38-2)21-8-12-23(37)13-9-21;/h6-17,29H,18H2,1-5H3,(H,38,43);1H2/t29-,48?;/m0./s1. The van der Waals surface area contributed by atoms with E-state index < -0.39 is 40.1 Å². The Morgan fingerprint density at radius 3 is 2.31 bits per heavy atom. The highest BCUT2D eigenvalue weighted by Gasteiger charge is 2.26. The summed E-state index contributed by atoms with van der Waals surface area (Å²) in [6.45, 7) is 1.82. The minimum atomic E-state index is -1.48. The number of hydrogen-bond acceptors (Lipinski definition) is 7. The second kappa shape index (κ2) is 14.0. The van der Waals surface area contributed by atoms with Crippen LogP contribution in [0.1, 0.15) is 27.8 Å². The van der Waals surface area contributed by atoms with Crippen LogP contribution < -0.4 is 15.2 Å². The Morgan fingerprint density at radius 1 is 1.04 bits per heavy atom. The maximum absolute atomic E-state index is 14.2. The lowest BCUT2D eigenvalue weighted by Gasteiger charge is -2.22. The van der Waals surface area contributed by atoms with Gasteiger partial charge in [-0.25, -0.2) is 23.0 Å². The minimum Gasteiger partial charge on any atom is -0.455 e. The number of pyridine rings is 1. The zero-order valence-corrected chi connectivity index (χ0v) is 28.0. The van der Waals surface area contributed by atoms with Gasteiger partial charge in [0.05, 0.1) is 35.1 Å². The molecule has 0 radical (unpaired) electrons. The Morgan fingerprint density at radius 2 is 1.69 bits per heavy atom. The van der Waals surface area contributed by atoms with Gasteiger partial charge in [0.1, 0.15) is 39.8 Å². The fraction of sp³-hybridized carbons (Fsp3) is 0.200. The van der Waals surface area contributed by atoms with E-state index in [1.807, 2.05) is 0 Å². The fourth-order valence-electron chi connectivity index (χ4n) is 5.76. The molecule has 1 unspecified atom stereocenters. The van der Waals surface area contributed by atoms with Gasteiger partial charge in [0.15, 0.2) is 5.52 Å². The molecule has 0 bridgehead atoms. The van der Waals surface area contributed by atoms with Crippen LogP contribution in [0.2, 0.25) is 0 Å². The van der Waals surface area contributed by atoms with Gasteiger partial charge in [-0.3, -0.25) is 18.5 Å². The first-order valence-electron chi connectivity index (χ1n) is 14.8. The number of anilines is 1. The number of nitrogens with zero attached hydrogens (tertiary/aromatic N) is 4. The molecule has 0 spiro atoms. The van der Waals surface area contributed by atoms with Crippen LogP contribution in [-0.4, -0.2) is 64.2 Å². The molecule has 3 N–H and O–H groups in total. The summed E-state index contributed by atoms with van der Waals surface area (Å²) in [5, 5.41) is 3.08. The number of fused-ring (bicyclic) bond motifs is 2. The summed E-state index contributed by atoms with van der Waals surface area (Å²) < 4.78 is 54.9. The van der Waals surface area contributed by atoms with Crippen molar-refractivity contribution in [3.63, 3.8) is 0 Å². The molecule has 3 heterocycles. The van der Waals surface area contributed by atoms with Gasteiger partial charge >= 0.3 is 0 Å². The maximum atomic E-state index is 14.2. The largest absolute Gasteiger partial charge is 0.455 e. The number of methoxy groups -OCH3 is 1. The normalized spacial score (nSPS) is 12.5. The third-order valence-electron chi connectivity index (χ3n) is 8.18. The number of rotatable bonds is 9. The molecule has 0 saturated heterocycles. The van der Waals surface area contributed by atoms with Gasteiger partial charge in [-0.15, -0.1) is 0 Å². The van der Waals surface area contributed by atoms with E-state index in [1.54, 1.807) is 50.4 Å². The summed E-state index contributed by atoms with van der Waals surface area (Å²) in [7, 11) is 3.16. The highest BCUT2D eigenvalue weighted by Crippen LogP contribution is 2.41. The Balaban J connectivity index is 0.00000468. The van der Waals surface area contributed by atoms with Crippen molar-refractivity contribution < 1.29 is 32.4 Å². The molecular weight excluding hydrogens is 656 g/mol. The van der Waals surface area contributed by atoms with Gasteiger partial charge in [0, 0.05) is 50.0 Å². The quantitative estimate of drug-likeness (QED) is 0.225. The number of ether oxygens (including phenoxy) is 1. The second-order valence-corrected chi connectivity index (χ2v) is 12.5. The summed E-state index contributed by atoms with van der Waals surface area (Å²) in [6.07, 6.45) is 1.51. The van der Waals surface area contributed by atoms with Gasteiger partial charge in [0.25, 0.3) is 11.5 Å². The molecule has 2 atom stereocenters. The number of halogens is 2. The number of carbonyl (C=O) groups is 1. The minimum absolute atomic E-state index is 0. The molecular formula is C35H33F2N5O6S. The molecule has 6 aromatic rings. The zero-order chi connectivity index (χ0) is 34.3. The van der Waals surface area contributed by atoms with Crippen molar-refractivity contribution in [2.45, 2.75) is 13.0 Å². The predicted molar refractivity (Wildman–Crippen MR) is 185 cm³/mol. The molecule has 6 rings (SSSR count). The lowest BCUT2D eigenvalue weighted by atomic mass is 10.0. The monoisotopic (exact) mass is 689 g/mol. The Bertz CT molecular complexity index is 2270. The first-order valence-corrected chi connectivity index (χ1v) is 16.3. The lowest BCUT2D eigenvalue weighted by molar-refractivity contribution is 0.0964. The second-order valence-electron chi connectivity index (χ2n) is 11.1. The van der Waals surface area contributed by atoms with Gasteiger partial charge < -0.3 is 19.9 Å². The summed E-state index contributed by atoms with van der Waals surface area (Å²) in [4.78, 5) is 36.9. The van der Waals surface area contributed by atoms with Gasteiger partial charge in [-0.05, 0) is 67.1 Å². The molecule has 0 aliphatic rings. The Kier molecular flexibility index (Phi) is 10.0. The third kappa shape index (κ3) is 6.45. The van der Waals surface area contributed by atoms with Gasteiger partial charge in [0.2, 0.25) is 0 Å². The molecule has 49 heavy (non-hydrogen) atoms. The van der Waals surface area contributed by atoms with E-state index in [1.165, 1.54) is 65.7 Å². The lowest BCUT2D eigenvalue weighted by Crippen LogP contribution is -2.31. The van der Waals surface area contributed by atoms with Crippen molar-refractivity contribution >= 4 is 44.6 Å². The molecule has 11 nitrogen and oxygen atoms in total. The number of furan rings is 1. The smallest absolute Gasteiger partial charge is 0.280 e. The maximum Gasteiger partial charge on any atom is 0.280 e. The van der Waals surface area contributed by atoms with E-state index in [4.69, 9.17) is 14.1 Å². The van der Waals surface area contributed by atoms with Crippen molar-refractivity contribution in [3.05, 3.63) is 112 Å². The van der Waals surface area contributed by atoms with E-state index in [0.717, 1.165) is 0 Å². The third-order valence-corrected chi connectivity index (χ3v) is 9.15. The van der Waals surface area contributed by atoms with Crippen LogP contribution in [0.3, 0.4) is 0 Å². The predicted octanol–water partition coefficient (Wildman–Crippen LogP) is 4.96. The molecule has 3 aromatic carbocycles. The first kappa shape index (κ1) is 35.0. The number of benzene rings is 3. The average Bonchev–Trinajstić information content (AvgIpc) is 3.45. The SMILES string of the molecule is CNC(=O)c1c(-c2ccc(F)cc2)oc2cc(N(C)S(C)=O)c(-c3ccc4nc(C)n([C@@H](COC)c5ccc(F)cc5)c(=O)c4n3)cc12.O. The number of carbonyl (C=O) groups excluding carboxylic acids is 1. The van der Waals surface area contributed by atoms with Crippen LogP contribution in [0.5, 0.6) is 0 Å². The Labute approximate surface area is 282 Å². The highest BCUT2D eigenvalue weighted by molar-refractivity contribution is 7.85. The molecule has 0 saturated carbocycles. The van der Waals surface area contributed by atoms with E-state index in [9.17, 15) is 22.6 Å². The van der Waals surface area contributed by atoms with Crippen molar-refractivity contribution in [3.8, 4) is 22.6 Å². The van der Waals surface area contributed by atoms with Crippen molar-refractivity contribution in [1.82, 2.24) is 19.9 Å². The number of aromatic nitrogens is 3. The molecule has 0 fully saturated rings. The first-order chi connectivity index (χ1) is 23.0. The van der Waals surface area contributed by atoms with Gasteiger partial charge in [-0.2, -0.15) is 0 Å². The summed E-state index contributed by atoms with van der Waals surface area (Å²) in [5.41, 5.74) is 2.95. The molecule has 3 aromatic heterocycles. The molecule has 254 valence electrons. The van der Waals surface area contributed by atoms with Gasteiger partial charge in [-0.1, -0.05) is 12.1 Å². The molecule has 0 aliphatic carbocycles. The van der Waals surface area contributed by atoms with Crippen LogP contribution in [0.15, 0.2) is 82.0 Å². The van der Waals surface area contributed by atoms with Crippen molar-refractivity contribution in [1.29, 1.82) is 0 Å². The summed E-state index contributed by atoms with van der Waals surface area (Å²) in [5.74, 6) is -0.636. The van der Waals surface area contributed by atoms with Crippen LogP contribution in [0.4, 0.5) is 14.5 Å². The van der Waals surface area contributed by atoms with Crippen molar-refractivity contribution in [2.75, 3.05) is 38.4 Å². The molecule has 0 aliphatic heterocycles. The average molecular weight is 690 g/mol. The van der Waals surface area contributed by atoms with E-state index in [2.05, 4.69) is 10.3 Å². The van der Waals surface area contributed by atoms with Crippen molar-refractivity contribution in [2.24, 2.45) is 0 Å². The topological polar surface area (TPSA) is 151 Å². The van der Waals surface area contributed by atoms with Crippen LogP contribution in [0.25, 0.3) is 44.6 Å². The summed E-state index contributed by atoms with van der Waals surface area (Å²) >= 11 is 0.